The summed E-state index contributed by atoms with van der Waals surface area (Å²) in [6.45, 7) is 6.02. The van der Waals surface area contributed by atoms with Gasteiger partial charge in [-0.2, -0.15) is 0 Å². The Morgan fingerprint density at radius 2 is 2.47 bits per heavy atom. The summed E-state index contributed by atoms with van der Waals surface area (Å²) in [6.07, 6.45) is 3.47. The molecule has 1 fully saturated rings. The third kappa shape index (κ3) is 4.29. The summed E-state index contributed by atoms with van der Waals surface area (Å²) in [4.78, 5) is 14.5. The molecule has 0 bridgehead atoms. The van der Waals surface area contributed by atoms with Crippen molar-refractivity contribution in [3.63, 3.8) is 0 Å². The van der Waals surface area contributed by atoms with E-state index in [4.69, 9.17) is 0 Å². The van der Waals surface area contributed by atoms with Crippen molar-refractivity contribution in [2.75, 3.05) is 26.2 Å². The standard InChI is InChI=1S/C14H21BrN2OS/c1-2-6-17(9-11-4-3-5-16-8-11)14(18)12-7-13(15)19-10-12/h7,10-11,16H,2-6,8-9H2,1H3. The Morgan fingerprint density at radius 1 is 1.63 bits per heavy atom. The summed E-state index contributed by atoms with van der Waals surface area (Å²) in [5, 5.41) is 5.36. The lowest BCUT2D eigenvalue weighted by molar-refractivity contribution is 0.0719. The van der Waals surface area contributed by atoms with Crippen LogP contribution in [0.15, 0.2) is 15.2 Å². The van der Waals surface area contributed by atoms with Gasteiger partial charge in [0.15, 0.2) is 0 Å². The van der Waals surface area contributed by atoms with E-state index in [1.165, 1.54) is 12.8 Å². The number of piperidine rings is 1. The number of nitrogens with zero attached hydrogens (tertiary/aromatic N) is 1. The van der Waals surface area contributed by atoms with Crippen molar-refractivity contribution >= 4 is 33.2 Å². The molecule has 1 aliphatic heterocycles. The molecule has 0 aliphatic carbocycles. The van der Waals surface area contributed by atoms with Gasteiger partial charge in [0.1, 0.15) is 0 Å². The minimum atomic E-state index is 0.175. The summed E-state index contributed by atoms with van der Waals surface area (Å²) in [5.74, 6) is 0.778. The van der Waals surface area contributed by atoms with Crippen molar-refractivity contribution in [3.05, 3.63) is 20.8 Å². The van der Waals surface area contributed by atoms with E-state index in [1.54, 1.807) is 11.3 Å². The SMILES string of the molecule is CCCN(CC1CCCNC1)C(=O)c1csc(Br)c1. The van der Waals surface area contributed by atoms with Crippen molar-refractivity contribution < 1.29 is 4.79 Å². The molecule has 0 aromatic carbocycles. The first kappa shape index (κ1) is 15.0. The van der Waals surface area contributed by atoms with E-state index in [1.807, 2.05) is 16.3 Å². The van der Waals surface area contributed by atoms with Crippen molar-refractivity contribution in [1.29, 1.82) is 0 Å². The highest BCUT2D eigenvalue weighted by Crippen LogP contribution is 2.22. The number of carbonyl (C=O) groups is 1. The van der Waals surface area contributed by atoms with E-state index in [2.05, 4.69) is 28.2 Å². The van der Waals surface area contributed by atoms with Gasteiger partial charge in [0, 0.05) is 18.5 Å². The zero-order valence-electron chi connectivity index (χ0n) is 11.3. The van der Waals surface area contributed by atoms with E-state index in [0.717, 1.165) is 41.9 Å². The average Bonchev–Trinajstić information content (AvgIpc) is 2.85. The molecule has 1 aromatic rings. The van der Waals surface area contributed by atoms with Crippen molar-refractivity contribution in [2.45, 2.75) is 26.2 Å². The zero-order valence-corrected chi connectivity index (χ0v) is 13.7. The molecule has 3 nitrogen and oxygen atoms in total. The molecule has 5 heteroatoms. The van der Waals surface area contributed by atoms with Gasteiger partial charge in [0.2, 0.25) is 0 Å². The Hall–Kier alpha value is -0.390. The fourth-order valence-electron chi connectivity index (χ4n) is 2.54. The smallest absolute Gasteiger partial charge is 0.254 e. The topological polar surface area (TPSA) is 32.3 Å². The molecule has 1 aliphatic rings. The summed E-state index contributed by atoms with van der Waals surface area (Å²) in [6, 6.07) is 1.93. The van der Waals surface area contributed by atoms with Crippen LogP contribution < -0.4 is 5.32 Å². The second-order valence-corrected chi connectivity index (χ2v) is 7.39. The highest BCUT2D eigenvalue weighted by molar-refractivity contribution is 9.11. The predicted octanol–water partition coefficient (Wildman–Crippen LogP) is 3.36. The molecule has 19 heavy (non-hydrogen) atoms. The fraction of sp³-hybridized carbons (Fsp3) is 0.643. The van der Waals surface area contributed by atoms with Crippen LogP contribution in [0.1, 0.15) is 36.5 Å². The molecule has 2 heterocycles. The number of nitrogens with one attached hydrogen (secondary N) is 1. The molecule has 1 amide bonds. The van der Waals surface area contributed by atoms with Crippen LogP contribution in [0.25, 0.3) is 0 Å². The molecule has 0 radical (unpaired) electrons. The molecule has 2 rings (SSSR count). The van der Waals surface area contributed by atoms with Gasteiger partial charge in [0.25, 0.3) is 5.91 Å². The Labute approximate surface area is 127 Å². The van der Waals surface area contributed by atoms with Gasteiger partial charge in [0.05, 0.1) is 9.35 Å². The Kier molecular flexibility index (Phi) is 5.85. The van der Waals surface area contributed by atoms with E-state index in [0.29, 0.717) is 5.92 Å². The summed E-state index contributed by atoms with van der Waals surface area (Å²) >= 11 is 5.00. The van der Waals surface area contributed by atoms with Gasteiger partial charge >= 0.3 is 0 Å². The van der Waals surface area contributed by atoms with E-state index in [9.17, 15) is 4.79 Å². The highest BCUT2D eigenvalue weighted by atomic mass is 79.9. The minimum absolute atomic E-state index is 0.175. The Bertz CT molecular complexity index is 415. The number of halogens is 1. The van der Waals surface area contributed by atoms with Crippen LogP contribution in [-0.2, 0) is 0 Å². The Morgan fingerprint density at radius 3 is 3.05 bits per heavy atom. The van der Waals surface area contributed by atoms with Crippen LogP contribution in [0, 0.1) is 5.92 Å². The van der Waals surface area contributed by atoms with Gasteiger partial charge in [-0.25, -0.2) is 0 Å². The maximum Gasteiger partial charge on any atom is 0.254 e. The molecule has 0 spiro atoms. The van der Waals surface area contributed by atoms with Gasteiger partial charge in [-0.1, -0.05) is 6.92 Å². The molecule has 0 saturated carbocycles. The second kappa shape index (κ2) is 7.41. The van der Waals surface area contributed by atoms with Crippen LogP contribution >= 0.6 is 27.3 Å². The number of rotatable bonds is 5. The summed E-state index contributed by atoms with van der Waals surface area (Å²) in [7, 11) is 0. The minimum Gasteiger partial charge on any atom is -0.338 e. The van der Waals surface area contributed by atoms with E-state index < -0.39 is 0 Å². The lowest BCUT2D eigenvalue weighted by Gasteiger charge is -2.30. The number of hydrogen-bond donors (Lipinski definition) is 1. The first-order valence-corrected chi connectivity index (χ1v) is 8.62. The number of hydrogen-bond acceptors (Lipinski definition) is 3. The largest absolute Gasteiger partial charge is 0.338 e. The summed E-state index contributed by atoms with van der Waals surface area (Å²) in [5.41, 5.74) is 0.814. The monoisotopic (exact) mass is 344 g/mol. The first-order chi connectivity index (χ1) is 9.20. The first-order valence-electron chi connectivity index (χ1n) is 6.94. The molecule has 1 atom stereocenters. The quantitative estimate of drug-likeness (QED) is 0.888. The normalized spacial score (nSPS) is 19.4. The molecule has 1 N–H and O–H groups in total. The average molecular weight is 345 g/mol. The third-order valence-electron chi connectivity index (χ3n) is 3.47. The maximum atomic E-state index is 12.5. The zero-order chi connectivity index (χ0) is 13.7. The lowest BCUT2D eigenvalue weighted by Crippen LogP contribution is -2.41. The number of carbonyl (C=O) groups excluding carboxylic acids is 1. The van der Waals surface area contributed by atoms with Crippen molar-refractivity contribution in [3.8, 4) is 0 Å². The second-order valence-electron chi connectivity index (χ2n) is 5.10. The van der Waals surface area contributed by atoms with Crippen molar-refractivity contribution in [2.24, 2.45) is 5.92 Å². The van der Waals surface area contributed by atoms with Crippen LogP contribution in [-0.4, -0.2) is 37.0 Å². The lowest BCUT2D eigenvalue weighted by atomic mass is 9.99. The maximum absolute atomic E-state index is 12.5. The third-order valence-corrected chi connectivity index (χ3v) is 4.98. The molecule has 106 valence electrons. The van der Waals surface area contributed by atoms with Crippen molar-refractivity contribution in [1.82, 2.24) is 10.2 Å². The van der Waals surface area contributed by atoms with Gasteiger partial charge in [-0.05, 0) is 60.3 Å². The van der Waals surface area contributed by atoms with Crippen LogP contribution in [0.4, 0.5) is 0 Å². The number of amides is 1. The molecule has 1 aromatic heterocycles. The van der Waals surface area contributed by atoms with Gasteiger partial charge < -0.3 is 10.2 Å². The fourth-order valence-corrected chi connectivity index (χ4v) is 3.67. The van der Waals surface area contributed by atoms with Crippen LogP contribution in [0.5, 0.6) is 0 Å². The summed E-state index contributed by atoms with van der Waals surface area (Å²) < 4.78 is 1.02. The highest BCUT2D eigenvalue weighted by Gasteiger charge is 2.21. The van der Waals surface area contributed by atoms with E-state index in [-0.39, 0.29) is 5.91 Å². The molecule has 1 unspecified atom stereocenters. The molecular weight excluding hydrogens is 324 g/mol. The molecule has 1 saturated heterocycles. The van der Waals surface area contributed by atoms with Crippen LogP contribution in [0.3, 0.4) is 0 Å². The van der Waals surface area contributed by atoms with Gasteiger partial charge in [-0.15, -0.1) is 11.3 Å². The Balaban J connectivity index is 1.99. The number of thiophene rings is 1. The molecular formula is C14H21BrN2OS. The predicted molar refractivity (Wildman–Crippen MR) is 83.8 cm³/mol. The van der Waals surface area contributed by atoms with E-state index >= 15 is 0 Å². The van der Waals surface area contributed by atoms with Crippen LogP contribution in [0.2, 0.25) is 0 Å². The van der Waals surface area contributed by atoms with Gasteiger partial charge in [-0.3, -0.25) is 4.79 Å².